The predicted molar refractivity (Wildman–Crippen MR) is 87.6 cm³/mol. The normalized spacial score (nSPS) is 11.4. The highest BCUT2D eigenvalue weighted by Gasteiger charge is 2.16. The first-order valence-electron chi connectivity index (χ1n) is 6.31. The molecule has 0 amide bonds. The molecule has 5 nitrogen and oxygen atoms in total. The van der Waals surface area contributed by atoms with E-state index in [2.05, 4.69) is 14.3 Å². The first-order valence-corrected chi connectivity index (χ1v) is 9.01. The molecular formula is C14H9ClFN3O2S2. The summed E-state index contributed by atoms with van der Waals surface area (Å²) in [7, 11) is -3.85. The molecule has 0 saturated heterocycles. The van der Waals surface area contributed by atoms with Gasteiger partial charge >= 0.3 is 0 Å². The third-order valence-corrected chi connectivity index (χ3v) is 5.17. The molecule has 0 radical (unpaired) electrons. The summed E-state index contributed by atoms with van der Waals surface area (Å²) in [5, 5.41) is 5.48. The number of nitrogens with one attached hydrogen (secondary N) is 1. The summed E-state index contributed by atoms with van der Waals surface area (Å²) < 4.78 is 43.9. The van der Waals surface area contributed by atoms with Crippen LogP contribution in [-0.4, -0.2) is 18.0 Å². The van der Waals surface area contributed by atoms with Gasteiger partial charge in [0.1, 0.15) is 11.5 Å². The smallest absolute Gasteiger partial charge is 0.261 e. The van der Waals surface area contributed by atoms with E-state index >= 15 is 0 Å². The first-order chi connectivity index (χ1) is 11.0. The third kappa shape index (κ3) is 3.49. The van der Waals surface area contributed by atoms with E-state index in [1.807, 2.05) is 0 Å². The molecule has 3 aromatic rings. The molecule has 118 valence electrons. The fraction of sp³-hybridized carbons (Fsp3) is 0. The van der Waals surface area contributed by atoms with Gasteiger partial charge in [-0.3, -0.25) is 4.72 Å². The van der Waals surface area contributed by atoms with Crippen molar-refractivity contribution in [2.45, 2.75) is 4.90 Å². The van der Waals surface area contributed by atoms with E-state index in [0.29, 0.717) is 5.69 Å². The molecule has 23 heavy (non-hydrogen) atoms. The van der Waals surface area contributed by atoms with Gasteiger partial charge in [0.2, 0.25) is 0 Å². The lowest BCUT2D eigenvalue weighted by Crippen LogP contribution is -2.13. The Morgan fingerprint density at radius 3 is 2.48 bits per heavy atom. The van der Waals surface area contributed by atoms with Crippen LogP contribution in [0.5, 0.6) is 0 Å². The van der Waals surface area contributed by atoms with Gasteiger partial charge in [0.05, 0.1) is 9.92 Å². The van der Waals surface area contributed by atoms with Crippen molar-refractivity contribution in [3.63, 3.8) is 0 Å². The number of nitrogens with zero attached hydrogens (tertiary/aromatic N) is 2. The topological polar surface area (TPSA) is 72.0 Å². The molecule has 0 atom stereocenters. The average Bonchev–Trinajstić information content (AvgIpc) is 3.04. The largest absolute Gasteiger partial charge is 0.280 e. The van der Waals surface area contributed by atoms with Crippen LogP contribution in [0.3, 0.4) is 0 Å². The second-order valence-electron chi connectivity index (χ2n) is 4.55. The fourth-order valence-electron chi connectivity index (χ4n) is 1.86. The summed E-state index contributed by atoms with van der Waals surface area (Å²) in [6, 6.07) is 9.90. The lowest BCUT2D eigenvalue weighted by molar-refractivity contribution is 0.599. The van der Waals surface area contributed by atoms with Gasteiger partial charge in [-0.1, -0.05) is 28.2 Å². The van der Waals surface area contributed by atoms with Crippen molar-refractivity contribution in [1.82, 2.24) is 9.59 Å². The van der Waals surface area contributed by atoms with Crippen LogP contribution in [0.4, 0.5) is 10.1 Å². The summed E-state index contributed by atoms with van der Waals surface area (Å²) in [4.78, 5) is -0.114. The van der Waals surface area contributed by atoms with Gasteiger partial charge in [-0.2, -0.15) is 0 Å². The van der Waals surface area contributed by atoms with Crippen molar-refractivity contribution in [1.29, 1.82) is 0 Å². The molecule has 2 aromatic carbocycles. The summed E-state index contributed by atoms with van der Waals surface area (Å²) >= 11 is 6.85. The summed E-state index contributed by atoms with van der Waals surface area (Å²) in [5.74, 6) is -0.674. The van der Waals surface area contributed by atoms with Gasteiger partial charge in [-0.15, -0.1) is 5.10 Å². The van der Waals surface area contributed by atoms with E-state index in [0.717, 1.165) is 29.5 Å². The molecule has 0 aliphatic carbocycles. The number of anilines is 1. The molecule has 1 N–H and O–H groups in total. The van der Waals surface area contributed by atoms with E-state index in [4.69, 9.17) is 11.6 Å². The highest BCUT2D eigenvalue weighted by molar-refractivity contribution is 7.92. The zero-order valence-corrected chi connectivity index (χ0v) is 13.8. The Morgan fingerprint density at radius 1 is 1.13 bits per heavy atom. The molecule has 0 bridgehead atoms. The molecule has 9 heteroatoms. The maximum Gasteiger partial charge on any atom is 0.261 e. The van der Waals surface area contributed by atoms with Crippen molar-refractivity contribution in [3.8, 4) is 11.3 Å². The predicted octanol–water partition coefficient (Wildman–Crippen LogP) is 3.80. The highest BCUT2D eigenvalue weighted by atomic mass is 35.5. The summed E-state index contributed by atoms with van der Waals surface area (Å²) in [5.41, 5.74) is 1.92. The molecular weight excluding hydrogens is 361 g/mol. The van der Waals surface area contributed by atoms with Crippen molar-refractivity contribution in [3.05, 3.63) is 58.7 Å². The Kier molecular flexibility index (Phi) is 4.29. The van der Waals surface area contributed by atoms with Crippen LogP contribution in [0.2, 0.25) is 5.02 Å². The number of benzene rings is 2. The summed E-state index contributed by atoms with van der Waals surface area (Å²) in [6.07, 6.45) is 0. The van der Waals surface area contributed by atoms with Crippen molar-refractivity contribution < 1.29 is 12.8 Å². The Labute approximate surface area is 141 Å². The van der Waals surface area contributed by atoms with Crippen LogP contribution in [-0.2, 0) is 10.0 Å². The van der Waals surface area contributed by atoms with Gasteiger partial charge in [0.15, 0.2) is 0 Å². The Bertz CT molecular complexity index is 929. The number of aromatic nitrogens is 2. The molecule has 3 rings (SSSR count). The molecule has 0 aliphatic heterocycles. The highest BCUT2D eigenvalue weighted by Crippen LogP contribution is 2.24. The van der Waals surface area contributed by atoms with Crippen molar-refractivity contribution >= 4 is 38.8 Å². The number of rotatable bonds is 4. The van der Waals surface area contributed by atoms with Crippen LogP contribution < -0.4 is 4.72 Å². The minimum absolute atomic E-state index is 0.114. The van der Waals surface area contributed by atoms with Gasteiger partial charge < -0.3 is 0 Å². The monoisotopic (exact) mass is 369 g/mol. The van der Waals surface area contributed by atoms with Gasteiger partial charge in [-0.05, 0) is 41.9 Å². The number of hydrogen-bond donors (Lipinski definition) is 1. The second kappa shape index (κ2) is 6.23. The zero-order chi connectivity index (χ0) is 16.4. The van der Waals surface area contributed by atoms with Crippen LogP contribution >= 0.6 is 23.1 Å². The maximum atomic E-state index is 13.1. The molecule has 1 aromatic heterocycles. The fourth-order valence-corrected chi connectivity index (χ4v) is 3.65. The number of sulfonamides is 1. The molecule has 0 fully saturated rings. The number of halogens is 2. The van der Waals surface area contributed by atoms with E-state index in [1.54, 1.807) is 29.6 Å². The van der Waals surface area contributed by atoms with E-state index < -0.39 is 15.8 Å². The van der Waals surface area contributed by atoms with E-state index in [1.165, 1.54) is 11.5 Å². The first kappa shape index (κ1) is 15.9. The Hall–Kier alpha value is -2.03. The lowest BCUT2D eigenvalue weighted by Gasteiger charge is -2.09. The SMILES string of the molecule is O=S(=O)(Nc1ccc(-c2csnn2)cc1)c1ccc(F)c(Cl)c1. The van der Waals surface area contributed by atoms with Gasteiger partial charge in [0.25, 0.3) is 10.0 Å². The molecule has 0 spiro atoms. The van der Waals surface area contributed by atoms with Crippen molar-refractivity contribution in [2.75, 3.05) is 4.72 Å². The third-order valence-electron chi connectivity index (χ3n) is 2.99. The summed E-state index contributed by atoms with van der Waals surface area (Å²) in [6.45, 7) is 0. The maximum absolute atomic E-state index is 13.1. The molecule has 1 heterocycles. The molecule has 0 unspecified atom stereocenters. The minimum Gasteiger partial charge on any atom is -0.280 e. The molecule has 0 saturated carbocycles. The van der Waals surface area contributed by atoms with Gasteiger partial charge in [-0.25, -0.2) is 12.8 Å². The van der Waals surface area contributed by atoms with Crippen LogP contribution in [0.1, 0.15) is 0 Å². The van der Waals surface area contributed by atoms with Crippen LogP contribution in [0.25, 0.3) is 11.3 Å². The standard InChI is InChI=1S/C14H9ClFN3O2S2/c15-12-7-11(5-6-13(12)16)23(20,21)18-10-3-1-9(2-4-10)14-8-22-19-17-14/h1-8,18H. The van der Waals surface area contributed by atoms with Crippen molar-refractivity contribution in [2.24, 2.45) is 0 Å². The second-order valence-corrected chi connectivity index (χ2v) is 7.25. The average molecular weight is 370 g/mol. The number of hydrogen-bond acceptors (Lipinski definition) is 5. The van der Waals surface area contributed by atoms with Crippen LogP contribution in [0.15, 0.2) is 52.7 Å². The zero-order valence-electron chi connectivity index (χ0n) is 11.4. The van der Waals surface area contributed by atoms with E-state index in [-0.39, 0.29) is 9.92 Å². The Morgan fingerprint density at radius 2 is 1.87 bits per heavy atom. The van der Waals surface area contributed by atoms with Gasteiger partial charge in [0, 0.05) is 16.6 Å². The minimum atomic E-state index is -3.85. The Balaban J connectivity index is 1.84. The van der Waals surface area contributed by atoms with E-state index in [9.17, 15) is 12.8 Å². The lowest BCUT2D eigenvalue weighted by atomic mass is 10.2. The quantitative estimate of drug-likeness (QED) is 0.759. The van der Waals surface area contributed by atoms with Crippen LogP contribution in [0, 0.1) is 5.82 Å². The molecule has 0 aliphatic rings.